The Bertz CT molecular complexity index is 1010. The van der Waals surface area contributed by atoms with Gasteiger partial charge in [-0.2, -0.15) is 0 Å². The fraction of sp³-hybridized carbons (Fsp3) is 0.467. The molecule has 0 N–H and O–H groups in total. The number of para-hydroxylation sites is 2. The summed E-state index contributed by atoms with van der Waals surface area (Å²) >= 11 is 0. The monoisotopic (exact) mass is 494 g/mol. The highest BCUT2D eigenvalue weighted by Gasteiger charge is 2.30. The number of esters is 2. The highest BCUT2D eigenvalue weighted by molar-refractivity contribution is 5.83. The van der Waals surface area contributed by atoms with E-state index in [1.54, 1.807) is 62.4 Å². The van der Waals surface area contributed by atoms with Crippen molar-refractivity contribution in [2.45, 2.75) is 79.1 Å². The largest absolute Gasteiger partial charge is 0.427 e. The summed E-state index contributed by atoms with van der Waals surface area (Å²) in [7, 11) is 0. The molecule has 0 aliphatic carbocycles. The van der Waals surface area contributed by atoms with Gasteiger partial charge in [-0.05, 0) is 62.8 Å². The Morgan fingerprint density at radius 2 is 1.11 bits per heavy atom. The lowest BCUT2D eigenvalue weighted by atomic mass is 9.83. The molecule has 0 fully saturated rings. The van der Waals surface area contributed by atoms with Gasteiger partial charge in [-0.25, -0.2) is 0 Å². The molecule has 0 saturated carbocycles. The molecule has 194 valence electrons. The van der Waals surface area contributed by atoms with Crippen LogP contribution in [0.25, 0.3) is 0 Å². The summed E-state index contributed by atoms with van der Waals surface area (Å²) < 4.78 is 10.8. The average molecular weight is 495 g/mol. The van der Waals surface area contributed by atoms with E-state index in [1.165, 1.54) is 0 Å². The standard InChI is InChI=1S/C30H38O6/c1-29(2,22-27(33)35-25-14-7-5-8-15-25)20-18-23(31)12-11-13-24(32)19-21-30(3,4)28(34)36-26-16-9-6-10-17-26/h5-10,14-17H,11-13,18-22H2,1-4H3. The Labute approximate surface area is 214 Å². The van der Waals surface area contributed by atoms with Crippen molar-refractivity contribution in [1.82, 2.24) is 0 Å². The van der Waals surface area contributed by atoms with Gasteiger partial charge in [0.2, 0.25) is 0 Å². The van der Waals surface area contributed by atoms with Gasteiger partial charge in [0.25, 0.3) is 0 Å². The third kappa shape index (κ3) is 11.0. The number of rotatable bonds is 15. The molecule has 0 spiro atoms. The Morgan fingerprint density at radius 3 is 1.64 bits per heavy atom. The van der Waals surface area contributed by atoms with Gasteiger partial charge in [-0.1, -0.05) is 50.2 Å². The lowest BCUT2D eigenvalue weighted by Gasteiger charge is -2.23. The van der Waals surface area contributed by atoms with Crippen molar-refractivity contribution < 1.29 is 28.7 Å². The lowest BCUT2D eigenvalue weighted by Crippen LogP contribution is -2.29. The number of hydrogen-bond donors (Lipinski definition) is 0. The Morgan fingerprint density at radius 1 is 0.639 bits per heavy atom. The fourth-order valence-corrected chi connectivity index (χ4v) is 3.63. The highest BCUT2D eigenvalue weighted by Crippen LogP contribution is 2.29. The first kappa shape index (κ1) is 29.0. The van der Waals surface area contributed by atoms with E-state index in [0.29, 0.717) is 50.0 Å². The van der Waals surface area contributed by atoms with Crippen LogP contribution in [-0.2, 0) is 19.2 Å². The van der Waals surface area contributed by atoms with Crippen LogP contribution in [0.15, 0.2) is 60.7 Å². The molecule has 0 amide bonds. The molecule has 2 rings (SSSR count). The summed E-state index contributed by atoms with van der Waals surface area (Å²) in [6.45, 7) is 7.43. The topological polar surface area (TPSA) is 86.7 Å². The van der Waals surface area contributed by atoms with Gasteiger partial charge in [0, 0.05) is 25.7 Å². The number of carbonyl (C=O) groups is 4. The number of ketones is 2. The second-order valence-electron chi connectivity index (χ2n) is 10.6. The van der Waals surface area contributed by atoms with E-state index in [9.17, 15) is 19.2 Å². The van der Waals surface area contributed by atoms with Crippen LogP contribution in [0.2, 0.25) is 0 Å². The van der Waals surface area contributed by atoms with Crippen LogP contribution in [0.4, 0.5) is 0 Å². The molecule has 0 heterocycles. The first-order chi connectivity index (χ1) is 17.0. The number of ether oxygens (including phenoxy) is 2. The van der Waals surface area contributed by atoms with Crippen LogP contribution in [0.3, 0.4) is 0 Å². The molecule has 2 aromatic rings. The van der Waals surface area contributed by atoms with E-state index < -0.39 is 5.41 Å². The van der Waals surface area contributed by atoms with Crippen LogP contribution in [0.5, 0.6) is 11.5 Å². The Hall–Kier alpha value is -3.28. The molecule has 36 heavy (non-hydrogen) atoms. The molecule has 0 bridgehead atoms. The van der Waals surface area contributed by atoms with Crippen molar-refractivity contribution in [2.24, 2.45) is 10.8 Å². The van der Waals surface area contributed by atoms with Crippen molar-refractivity contribution in [3.8, 4) is 11.5 Å². The van der Waals surface area contributed by atoms with Crippen molar-refractivity contribution in [3.63, 3.8) is 0 Å². The number of benzene rings is 2. The second-order valence-corrected chi connectivity index (χ2v) is 10.6. The normalized spacial score (nSPS) is 11.6. The predicted octanol–water partition coefficient (Wildman–Crippen LogP) is 6.51. The zero-order chi connectivity index (χ0) is 26.6. The number of Topliss-reactive ketones (excluding diaryl/α,β-unsaturated/α-hetero) is 2. The fourth-order valence-electron chi connectivity index (χ4n) is 3.63. The number of carbonyl (C=O) groups excluding carboxylic acids is 4. The quantitative estimate of drug-likeness (QED) is 0.207. The van der Waals surface area contributed by atoms with Crippen molar-refractivity contribution >= 4 is 23.5 Å². The van der Waals surface area contributed by atoms with Gasteiger partial charge in [-0.15, -0.1) is 0 Å². The Balaban J connectivity index is 1.63. The van der Waals surface area contributed by atoms with Crippen molar-refractivity contribution in [2.75, 3.05) is 0 Å². The molecule has 0 aliphatic heterocycles. The van der Waals surface area contributed by atoms with Crippen LogP contribution in [0.1, 0.15) is 79.1 Å². The SMILES string of the molecule is CC(C)(CCC(=O)CCCC(=O)CCC(C)(C)C(=O)Oc1ccccc1)CC(=O)Oc1ccccc1. The molecule has 0 aromatic heterocycles. The third-order valence-corrected chi connectivity index (χ3v) is 6.12. The summed E-state index contributed by atoms with van der Waals surface area (Å²) in [5, 5.41) is 0. The number of hydrogen-bond acceptors (Lipinski definition) is 6. The molecule has 0 atom stereocenters. The minimum absolute atomic E-state index is 0.0346. The van der Waals surface area contributed by atoms with E-state index >= 15 is 0 Å². The molecule has 0 aliphatic rings. The maximum absolute atomic E-state index is 12.5. The van der Waals surface area contributed by atoms with Gasteiger partial charge < -0.3 is 9.47 Å². The first-order valence-corrected chi connectivity index (χ1v) is 12.5. The van der Waals surface area contributed by atoms with E-state index in [1.807, 2.05) is 26.0 Å². The Kier molecular flexibility index (Phi) is 11.0. The predicted molar refractivity (Wildman–Crippen MR) is 139 cm³/mol. The average Bonchev–Trinajstić information content (AvgIpc) is 2.82. The second kappa shape index (κ2) is 13.7. The molecule has 0 radical (unpaired) electrons. The molecule has 2 aromatic carbocycles. The smallest absolute Gasteiger partial charge is 0.316 e. The molecule has 6 nitrogen and oxygen atoms in total. The van der Waals surface area contributed by atoms with Crippen molar-refractivity contribution in [3.05, 3.63) is 60.7 Å². The summed E-state index contributed by atoms with van der Waals surface area (Å²) in [6, 6.07) is 17.8. The maximum Gasteiger partial charge on any atom is 0.316 e. The zero-order valence-corrected chi connectivity index (χ0v) is 21.9. The summed E-state index contributed by atoms with van der Waals surface area (Å²) in [6.07, 6.45) is 2.93. The van der Waals surface area contributed by atoms with Gasteiger partial charge in [-0.3, -0.25) is 19.2 Å². The van der Waals surface area contributed by atoms with E-state index in [-0.39, 0.29) is 41.8 Å². The van der Waals surface area contributed by atoms with E-state index in [0.717, 1.165) is 0 Å². The molecular formula is C30H38O6. The van der Waals surface area contributed by atoms with E-state index in [4.69, 9.17) is 9.47 Å². The van der Waals surface area contributed by atoms with Gasteiger partial charge in [0.15, 0.2) is 0 Å². The summed E-state index contributed by atoms with van der Waals surface area (Å²) in [5.41, 5.74) is -1.15. The van der Waals surface area contributed by atoms with Gasteiger partial charge in [0.05, 0.1) is 11.8 Å². The van der Waals surface area contributed by atoms with Gasteiger partial charge in [0.1, 0.15) is 23.1 Å². The minimum Gasteiger partial charge on any atom is -0.427 e. The van der Waals surface area contributed by atoms with Crippen LogP contribution < -0.4 is 9.47 Å². The minimum atomic E-state index is -0.783. The third-order valence-electron chi connectivity index (χ3n) is 6.12. The van der Waals surface area contributed by atoms with Crippen LogP contribution in [-0.4, -0.2) is 23.5 Å². The first-order valence-electron chi connectivity index (χ1n) is 12.5. The van der Waals surface area contributed by atoms with Crippen LogP contribution >= 0.6 is 0 Å². The van der Waals surface area contributed by atoms with Crippen molar-refractivity contribution in [1.29, 1.82) is 0 Å². The maximum atomic E-state index is 12.5. The molecule has 0 unspecified atom stereocenters. The van der Waals surface area contributed by atoms with Crippen LogP contribution in [0, 0.1) is 10.8 Å². The molecule has 0 saturated heterocycles. The van der Waals surface area contributed by atoms with E-state index in [2.05, 4.69) is 0 Å². The highest BCUT2D eigenvalue weighted by atomic mass is 16.5. The molecule has 6 heteroatoms. The lowest BCUT2D eigenvalue weighted by molar-refractivity contribution is -0.144. The zero-order valence-electron chi connectivity index (χ0n) is 21.9. The molecular weight excluding hydrogens is 456 g/mol. The summed E-state index contributed by atoms with van der Waals surface area (Å²) in [4.78, 5) is 49.3. The van der Waals surface area contributed by atoms with Gasteiger partial charge >= 0.3 is 11.9 Å². The summed E-state index contributed by atoms with van der Waals surface area (Å²) in [5.74, 6) is 0.422.